The van der Waals surface area contributed by atoms with Gasteiger partial charge in [-0.1, -0.05) is 6.42 Å². The molecule has 1 rings (SSSR count). The Bertz CT molecular complexity index is 190. The number of amides is 1. The van der Waals surface area contributed by atoms with Crippen LogP contribution in [0.3, 0.4) is 0 Å². The summed E-state index contributed by atoms with van der Waals surface area (Å²) in [5.41, 5.74) is 0. The Morgan fingerprint density at radius 3 is 2.60 bits per heavy atom. The van der Waals surface area contributed by atoms with Crippen LogP contribution in [0.5, 0.6) is 0 Å². The molecule has 1 aliphatic heterocycles. The molecule has 0 aromatic rings. The quantitative estimate of drug-likeness (QED) is 0.685. The number of nitrogens with one attached hydrogen (secondary N) is 2. The fourth-order valence-corrected chi connectivity index (χ4v) is 2.06. The van der Waals surface area contributed by atoms with Gasteiger partial charge in [0.15, 0.2) is 0 Å². The molecule has 0 aromatic carbocycles. The molecule has 4 heteroatoms. The van der Waals surface area contributed by atoms with Crippen molar-refractivity contribution < 1.29 is 4.79 Å². The van der Waals surface area contributed by atoms with Crippen molar-refractivity contribution in [2.45, 2.75) is 32.2 Å². The number of carbonyl (C=O) groups is 1. The minimum Gasteiger partial charge on any atom is -0.351 e. The van der Waals surface area contributed by atoms with E-state index in [0.29, 0.717) is 6.54 Å². The van der Waals surface area contributed by atoms with Gasteiger partial charge in [-0.2, -0.15) is 0 Å². The topological polar surface area (TPSA) is 44.4 Å². The van der Waals surface area contributed by atoms with Crippen LogP contribution in [0.25, 0.3) is 0 Å². The third kappa shape index (κ3) is 5.14. The van der Waals surface area contributed by atoms with Crippen LogP contribution in [0.1, 0.15) is 26.2 Å². The van der Waals surface area contributed by atoms with Crippen LogP contribution in [0.4, 0.5) is 0 Å². The molecule has 1 aliphatic rings. The molecule has 0 spiro atoms. The molecule has 15 heavy (non-hydrogen) atoms. The molecule has 4 nitrogen and oxygen atoms in total. The third-order valence-corrected chi connectivity index (χ3v) is 2.73. The highest BCUT2D eigenvalue weighted by atomic mass is 16.1. The first-order chi connectivity index (χ1) is 7.22. The summed E-state index contributed by atoms with van der Waals surface area (Å²) in [6.45, 7) is 5.83. The van der Waals surface area contributed by atoms with Crippen molar-refractivity contribution in [1.82, 2.24) is 15.5 Å². The number of rotatable bonds is 5. The average Bonchev–Trinajstić information content (AvgIpc) is 2.19. The lowest BCUT2D eigenvalue weighted by Gasteiger charge is -2.29. The number of hydrogen-bond acceptors (Lipinski definition) is 3. The first-order valence-electron chi connectivity index (χ1n) is 5.88. The molecule has 0 aliphatic carbocycles. The molecule has 0 aromatic heterocycles. The van der Waals surface area contributed by atoms with Crippen LogP contribution in [-0.4, -0.2) is 50.1 Å². The summed E-state index contributed by atoms with van der Waals surface area (Å²) in [4.78, 5) is 13.7. The van der Waals surface area contributed by atoms with Gasteiger partial charge in [-0.3, -0.25) is 4.79 Å². The van der Waals surface area contributed by atoms with Gasteiger partial charge < -0.3 is 15.5 Å². The van der Waals surface area contributed by atoms with Crippen LogP contribution >= 0.6 is 0 Å². The fourth-order valence-electron chi connectivity index (χ4n) is 2.06. The van der Waals surface area contributed by atoms with E-state index in [4.69, 9.17) is 0 Å². The highest BCUT2D eigenvalue weighted by Crippen LogP contribution is 2.08. The zero-order valence-electron chi connectivity index (χ0n) is 9.88. The largest absolute Gasteiger partial charge is 0.351 e. The molecule has 0 bridgehead atoms. The SMILES string of the molecule is CNCC(=O)NC(C)CN1CCCCC1. The molecular weight excluding hydrogens is 190 g/mol. The monoisotopic (exact) mass is 213 g/mol. The van der Waals surface area contributed by atoms with E-state index in [-0.39, 0.29) is 11.9 Å². The van der Waals surface area contributed by atoms with Crippen LogP contribution in [0.15, 0.2) is 0 Å². The van der Waals surface area contributed by atoms with Crippen LogP contribution < -0.4 is 10.6 Å². The lowest BCUT2D eigenvalue weighted by atomic mass is 10.1. The summed E-state index contributed by atoms with van der Waals surface area (Å²) in [6.07, 6.45) is 3.96. The van der Waals surface area contributed by atoms with E-state index in [1.807, 2.05) is 0 Å². The van der Waals surface area contributed by atoms with Gasteiger partial charge in [-0.15, -0.1) is 0 Å². The highest BCUT2D eigenvalue weighted by Gasteiger charge is 2.14. The van der Waals surface area contributed by atoms with Gasteiger partial charge in [-0.05, 0) is 39.9 Å². The second-order valence-corrected chi connectivity index (χ2v) is 4.36. The number of nitrogens with zero attached hydrogens (tertiary/aromatic N) is 1. The third-order valence-electron chi connectivity index (χ3n) is 2.73. The molecule has 0 radical (unpaired) electrons. The van der Waals surface area contributed by atoms with Gasteiger partial charge in [-0.25, -0.2) is 0 Å². The summed E-state index contributed by atoms with van der Waals surface area (Å²) in [5.74, 6) is 0.0852. The Hall–Kier alpha value is -0.610. The van der Waals surface area contributed by atoms with Gasteiger partial charge in [0.25, 0.3) is 0 Å². The lowest BCUT2D eigenvalue weighted by Crippen LogP contribution is -2.45. The Morgan fingerprint density at radius 2 is 2.00 bits per heavy atom. The first kappa shape index (κ1) is 12.5. The standard InChI is InChI=1S/C11H23N3O/c1-10(13-11(15)8-12-2)9-14-6-4-3-5-7-14/h10,12H,3-9H2,1-2H3,(H,13,15). The molecule has 1 heterocycles. The van der Waals surface area contributed by atoms with Crippen molar-refractivity contribution >= 4 is 5.91 Å². The van der Waals surface area contributed by atoms with E-state index in [2.05, 4.69) is 22.5 Å². The zero-order chi connectivity index (χ0) is 11.1. The van der Waals surface area contributed by atoms with Crippen molar-refractivity contribution in [3.05, 3.63) is 0 Å². The molecule has 2 N–H and O–H groups in total. The maximum atomic E-state index is 11.3. The molecule has 1 atom stereocenters. The van der Waals surface area contributed by atoms with E-state index in [0.717, 1.165) is 6.54 Å². The van der Waals surface area contributed by atoms with Crippen LogP contribution in [0, 0.1) is 0 Å². The average molecular weight is 213 g/mol. The number of carbonyl (C=O) groups excluding carboxylic acids is 1. The predicted octanol–water partition coefficient (Wildman–Crippen LogP) is 0.196. The van der Waals surface area contributed by atoms with Crippen molar-refractivity contribution in [1.29, 1.82) is 0 Å². The van der Waals surface area contributed by atoms with Crippen molar-refractivity contribution in [2.75, 3.05) is 33.2 Å². The van der Waals surface area contributed by atoms with Crippen LogP contribution in [0.2, 0.25) is 0 Å². The summed E-state index contributed by atoms with van der Waals surface area (Å²) < 4.78 is 0. The van der Waals surface area contributed by atoms with Crippen molar-refractivity contribution in [3.63, 3.8) is 0 Å². The fraction of sp³-hybridized carbons (Fsp3) is 0.909. The van der Waals surface area contributed by atoms with Crippen molar-refractivity contribution in [3.8, 4) is 0 Å². The first-order valence-corrected chi connectivity index (χ1v) is 5.88. The van der Waals surface area contributed by atoms with E-state index in [1.54, 1.807) is 7.05 Å². The Balaban J connectivity index is 2.16. The van der Waals surface area contributed by atoms with Gasteiger partial charge >= 0.3 is 0 Å². The second kappa shape index (κ2) is 6.80. The lowest BCUT2D eigenvalue weighted by molar-refractivity contribution is -0.120. The summed E-state index contributed by atoms with van der Waals surface area (Å²) in [5, 5.41) is 5.84. The Morgan fingerprint density at radius 1 is 1.33 bits per heavy atom. The predicted molar refractivity (Wildman–Crippen MR) is 61.8 cm³/mol. The molecule has 1 unspecified atom stereocenters. The minimum atomic E-state index is 0.0852. The van der Waals surface area contributed by atoms with E-state index >= 15 is 0 Å². The molecule has 1 amide bonds. The zero-order valence-corrected chi connectivity index (χ0v) is 9.88. The number of likely N-dealkylation sites (tertiary alicyclic amines) is 1. The smallest absolute Gasteiger partial charge is 0.234 e. The summed E-state index contributed by atoms with van der Waals surface area (Å²) in [7, 11) is 1.79. The molecule has 1 fully saturated rings. The molecule has 88 valence electrons. The minimum absolute atomic E-state index is 0.0852. The van der Waals surface area contributed by atoms with Gasteiger partial charge in [0.1, 0.15) is 0 Å². The number of piperidine rings is 1. The Labute approximate surface area is 92.4 Å². The summed E-state index contributed by atoms with van der Waals surface area (Å²) >= 11 is 0. The number of hydrogen-bond donors (Lipinski definition) is 2. The van der Waals surface area contributed by atoms with E-state index < -0.39 is 0 Å². The number of likely N-dealkylation sites (N-methyl/N-ethyl adjacent to an activating group) is 1. The second-order valence-electron chi connectivity index (χ2n) is 4.36. The van der Waals surface area contributed by atoms with Gasteiger partial charge in [0.2, 0.25) is 5.91 Å². The van der Waals surface area contributed by atoms with Gasteiger partial charge in [0.05, 0.1) is 6.54 Å². The van der Waals surface area contributed by atoms with E-state index in [9.17, 15) is 4.79 Å². The molecule has 0 saturated carbocycles. The van der Waals surface area contributed by atoms with E-state index in [1.165, 1.54) is 32.4 Å². The summed E-state index contributed by atoms with van der Waals surface area (Å²) in [6, 6.07) is 0.254. The highest BCUT2D eigenvalue weighted by molar-refractivity contribution is 5.78. The van der Waals surface area contributed by atoms with Crippen LogP contribution in [-0.2, 0) is 4.79 Å². The Kier molecular flexibility index (Phi) is 5.65. The maximum Gasteiger partial charge on any atom is 0.234 e. The maximum absolute atomic E-state index is 11.3. The van der Waals surface area contributed by atoms with Gasteiger partial charge in [0, 0.05) is 12.6 Å². The van der Waals surface area contributed by atoms with Crippen molar-refractivity contribution in [2.24, 2.45) is 0 Å². The molecular formula is C11H23N3O. The normalized spacial score (nSPS) is 19.9. The molecule has 1 saturated heterocycles.